The molecule has 2 aromatic rings. The van der Waals surface area contributed by atoms with Crippen LogP contribution in [0.2, 0.25) is 0 Å². The highest BCUT2D eigenvalue weighted by Gasteiger charge is 2.28. The molecule has 1 fully saturated rings. The van der Waals surface area contributed by atoms with Crippen LogP contribution in [0.1, 0.15) is 70.2 Å². The molecule has 2 heterocycles. The molecule has 1 aliphatic carbocycles. The Labute approximate surface area is 197 Å². The fourth-order valence-electron chi connectivity index (χ4n) is 5.32. The van der Waals surface area contributed by atoms with Crippen LogP contribution in [0.15, 0.2) is 24.4 Å². The number of anilines is 2. The maximum atomic E-state index is 13.2. The predicted molar refractivity (Wildman–Crippen MR) is 135 cm³/mol. The first kappa shape index (κ1) is 23.6. The SMILES string of the molecule is CNC[C@H]1CC[C@H](C(=O)N[C@H]2CCCC[C@H](C)Nc3cc(NC)ccc3-c3c[nH]c2n3)CC1. The van der Waals surface area contributed by atoms with Crippen LogP contribution in [0.5, 0.6) is 0 Å². The van der Waals surface area contributed by atoms with Crippen LogP contribution < -0.4 is 21.3 Å². The third-order valence-electron chi connectivity index (χ3n) is 7.32. The molecule has 0 unspecified atom stereocenters. The van der Waals surface area contributed by atoms with Crippen molar-refractivity contribution >= 4 is 17.3 Å². The van der Waals surface area contributed by atoms with Gasteiger partial charge in [-0.05, 0) is 83.2 Å². The van der Waals surface area contributed by atoms with Crippen molar-refractivity contribution in [3.63, 3.8) is 0 Å². The first-order valence-corrected chi connectivity index (χ1v) is 12.7. The number of nitrogens with zero attached hydrogens (tertiary/aromatic N) is 1. The van der Waals surface area contributed by atoms with E-state index in [1.165, 1.54) is 0 Å². The van der Waals surface area contributed by atoms with Crippen molar-refractivity contribution in [1.29, 1.82) is 0 Å². The number of aromatic nitrogens is 2. The van der Waals surface area contributed by atoms with Crippen LogP contribution in [0, 0.1) is 11.8 Å². The van der Waals surface area contributed by atoms with E-state index in [9.17, 15) is 4.79 Å². The van der Waals surface area contributed by atoms with Crippen LogP contribution >= 0.6 is 0 Å². The molecule has 180 valence electrons. The monoisotopic (exact) mass is 452 g/mol. The molecule has 1 aromatic heterocycles. The lowest BCUT2D eigenvalue weighted by atomic mass is 9.81. The van der Waals surface area contributed by atoms with Gasteiger partial charge in [-0.15, -0.1) is 0 Å². The normalized spacial score (nSPS) is 25.7. The van der Waals surface area contributed by atoms with Crippen LogP contribution in [-0.4, -0.2) is 42.6 Å². The van der Waals surface area contributed by atoms with Crippen molar-refractivity contribution in [3.05, 3.63) is 30.2 Å². The fraction of sp³-hybridized carbons (Fsp3) is 0.615. The third-order valence-corrected chi connectivity index (χ3v) is 7.32. The van der Waals surface area contributed by atoms with Crippen molar-refractivity contribution in [2.75, 3.05) is 31.3 Å². The van der Waals surface area contributed by atoms with Crippen molar-refractivity contribution in [2.45, 2.75) is 70.4 Å². The molecule has 1 amide bonds. The highest BCUT2D eigenvalue weighted by atomic mass is 16.1. The lowest BCUT2D eigenvalue weighted by Crippen LogP contribution is -2.37. The summed E-state index contributed by atoms with van der Waals surface area (Å²) in [6, 6.07) is 6.65. The van der Waals surface area contributed by atoms with Gasteiger partial charge in [0.15, 0.2) is 0 Å². The van der Waals surface area contributed by atoms with Crippen LogP contribution in [0.4, 0.5) is 11.4 Å². The summed E-state index contributed by atoms with van der Waals surface area (Å²) in [5.41, 5.74) is 4.16. The zero-order chi connectivity index (χ0) is 23.2. The minimum Gasteiger partial charge on any atom is -0.388 e. The molecule has 7 heteroatoms. The summed E-state index contributed by atoms with van der Waals surface area (Å²) in [5, 5.41) is 13.6. The Morgan fingerprint density at radius 1 is 1.09 bits per heavy atom. The van der Waals surface area contributed by atoms with E-state index in [0.717, 1.165) is 86.4 Å². The number of hydrogen-bond donors (Lipinski definition) is 5. The highest BCUT2D eigenvalue weighted by Crippen LogP contribution is 2.33. The Morgan fingerprint density at radius 2 is 1.88 bits per heavy atom. The van der Waals surface area contributed by atoms with Crippen molar-refractivity contribution < 1.29 is 4.79 Å². The molecule has 2 bridgehead atoms. The number of carbonyl (C=O) groups excluding carboxylic acids is 1. The van der Waals surface area contributed by atoms with E-state index >= 15 is 0 Å². The summed E-state index contributed by atoms with van der Waals surface area (Å²) < 4.78 is 0. The van der Waals surface area contributed by atoms with E-state index in [1.807, 2.05) is 20.3 Å². The molecular weight excluding hydrogens is 412 g/mol. The topological polar surface area (TPSA) is 93.9 Å². The summed E-state index contributed by atoms with van der Waals surface area (Å²) in [6.45, 7) is 3.29. The molecular formula is C26H40N6O. The van der Waals surface area contributed by atoms with Gasteiger partial charge in [-0.2, -0.15) is 0 Å². The molecule has 4 rings (SSSR count). The maximum Gasteiger partial charge on any atom is 0.223 e. The van der Waals surface area contributed by atoms with E-state index in [-0.39, 0.29) is 17.9 Å². The van der Waals surface area contributed by atoms with Gasteiger partial charge in [0.25, 0.3) is 0 Å². The first-order chi connectivity index (χ1) is 16.1. The van der Waals surface area contributed by atoms with Gasteiger partial charge in [0.1, 0.15) is 5.82 Å². The third kappa shape index (κ3) is 5.88. The number of fused-ring (bicyclic) bond motifs is 4. The zero-order valence-corrected chi connectivity index (χ0v) is 20.3. The molecule has 1 saturated carbocycles. The van der Waals surface area contributed by atoms with Gasteiger partial charge in [-0.1, -0.05) is 12.8 Å². The standard InChI is InChI=1S/C26H40N6O/c1-17-6-4-5-7-22(32-26(33)19-10-8-18(9-11-19)15-27-2)25-29-16-24(31-25)21-13-12-20(28-3)14-23(21)30-17/h12-14,16-19,22,27-28,30H,4-11,15H2,1-3H3,(H,29,31)(H,32,33)/t17-,18-,19-,22-/m0/s1. The zero-order valence-electron chi connectivity index (χ0n) is 20.3. The molecule has 0 spiro atoms. The molecule has 1 aliphatic heterocycles. The van der Waals surface area contributed by atoms with E-state index in [0.29, 0.717) is 12.0 Å². The fourth-order valence-corrected chi connectivity index (χ4v) is 5.32. The van der Waals surface area contributed by atoms with E-state index in [2.05, 4.69) is 51.4 Å². The van der Waals surface area contributed by atoms with Crippen molar-refractivity contribution in [2.24, 2.45) is 11.8 Å². The van der Waals surface area contributed by atoms with Gasteiger partial charge in [0.05, 0.1) is 11.7 Å². The second kappa shape index (κ2) is 11.1. The molecule has 2 atom stereocenters. The van der Waals surface area contributed by atoms with Gasteiger partial charge in [0, 0.05) is 42.1 Å². The average molecular weight is 453 g/mol. The smallest absolute Gasteiger partial charge is 0.223 e. The lowest BCUT2D eigenvalue weighted by molar-refractivity contribution is -0.127. The maximum absolute atomic E-state index is 13.2. The Bertz CT molecular complexity index is 917. The first-order valence-electron chi connectivity index (χ1n) is 12.7. The Morgan fingerprint density at radius 3 is 2.64 bits per heavy atom. The van der Waals surface area contributed by atoms with Gasteiger partial charge in [-0.25, -0.2) is 4.98 Å². The number of benzene rings is 1. The average Bonchev–Trinajstić information content (AvgIpc) is 3.31. The minimum atomic E-state index is -0.0657. The molecule has 33 heavy (non-hydrogen) atoms. The number of amides is 1. The van der Waals surface area contributed by atoms with E-state index < -0.39 is 0 Å². The predicted octanol–water partition coefficient (Wildman–Crippen LogP) is 4.68. The number of imidazole rings is 1. The van der Waals surface area contributed by atoms with E-state index in [1.54, 1.807) is 0 Å². The summed E-state index contributed by atoms with van der Waals surface area (Å²) in [4.78, 5) is 21.5. The van der Waals surface area contributed by atoms with Crippen LogP contribution in [-0.2, 0) is 4.79 Å². The van der Waals surface area contributed by atoms with Gasteiger partial charge < -0.3 is 26.3 Å². The van der Waals surface area contributed by atoms with E-state index in [4.69, 9.17) is 4.98 Å². The molecule has 1 aromatic carbocycles. The Balaban J connectivity index is 1.52. The summed E-state index contributed by atoms with van der Waals surface area (Å²) in [5.74, 6) is 1.88. The molecule has 2 aliphatic rings. The van der Waals surface area contributed by atoms with Crippen molar-refractivity contribution in [3.8, 4) is 11.3 Å². The lowest BCUT2D eigenvalue weighted by Gasteiger charge is -2.29. The second-order valence-electron chi connectivity index (χ2n) is 9.85. The Kier molecular flexibility index (Phi) is 7.91. The van der Waals surface area contributed by atoms with Crippen LogP contribution in [0.3, 0.4) is 0 Å². The van der Waals surface area contributed by atoms with Crippen molar-refractivity contribution in [1.82, 2.24) is 20.6 Å². The molecule has 7 nitrogen and oxygen atoms in total. The number of carbonyl (C=O) groups is 1. The number of aromatic amines is 1. The number of rotatable bonds is 5. The largest absolute Gasteiger partial charge is 0.388 e. The molecule has 0 saturated heterocycles. The molecule has 0 radical (unpaired) electrons. The number of nitrogens with one attached hydrogen (secondary N) is 5. The van der Waals surface area contributed by atoms with Gasteiger partial charge >= 0.3 is 0 Å². The Hall–Kier alpha value is -2.54. The summed E-state index contributed by atoms with van der Waals surface area (Å²) >= 11 is 0. The number of H-pyrrole nitrogens is 1. The molecule has 5 N–H and O–H groups in total. The quantitative estimate of drug-likeness (QED) is 0.454. The van der Waals surface area contributed by atoms with Gasteiger partial charge in [-0.3, -0.25) is 4.79 Å². The second-order valence-corrected chi connectivity index (χ2v) is 9.85. The summed E-state index contributed by atoms with van der Waals surface area (Å²) in [7, 11) is 3.95. The minimum absolute atomic E-state index is 0.0657. The number of hydrogen-bond acceptors (Lipinski definition) is 5. The van der Waals surface area contributed by atoms with Crippen LogP contribution in [0.25, 0.3) is 11.3 Å². The summed E-state index contributed by atoms with van der Waals surface area (Å²) in [6.07, 6.45) is 10.4. The highest BCUT2D eigenvalue weighted by molar-refractivity contribution is 5.80. The van der Waals surface area contributed by atoms with Gasteiger partial charge in [0.2, 0.25) is 5.91 Å².